The number of carbonyl (C=O) groups is 1. The van der Waals surface area contributed by atoms with Crippen LogP contribution in [0.3, 0.4) is 0 Å². The Hall–Kier alpha value is -0.990. The molecule has 0 heterocycles. The zero-order valence-electron chi connectivity index (χ0n) is 11.9. The molecule has 0 aliphatic rings. The lowest BCUT2D eigenvalue weighted by Gasteiger charge is -2.28. The van der Waals surface area contributed by atoms with Crippen LogP contribution < -0.4 is 5.73 Å². The third-order valence-electron chi connectivity index (χ3n) is 3.08. The van der Waals surface area contributed by atoms with Gasteiger partial charge in [0.1, 0.15) is 0 Å². The SMILES string of the molecule is CCCCN(CCCC)C(CC)=C(C)C(N)=O. The smallest absolute Gasteiger partial charge is 0.246 e. The van der Waals surface area contributed by atoms with Crippen LogP contribution in [0.25, 0.3) is 0 Å². The van der Waals surface area contributed by atoms with Gasteiger partial charge in [0.05, 0.1) is 0 Å². The van der Waals surface area contributed by atoms with Gasteiger partial charge in [-0.05, 0) is 26.2 Å². The van der Waals surface area contributed by atoms with E-state index in [4.69, 9.17) is 5.73 Å². The molecule has 0 spiro atoms. The fourth-order valence-corrected chi connectivity index (χ4v) is 1.95. The fraction of sp³-hybridized carbons (Fsp3) is 0.786. The molecule has 0 saturated heterocycles. The molecule has 0 radical (unpaired) electrons. The maximum Gasteiger partial charge on any atom is 0.246 e. The lowest BCUT2D eigenvalue weighted by molar-refractivity contribution is -0.114. The average Bonchev–Trinajstić information content (AvgIpc) is 2.32. The van der Waals surface area contributed by atoms with Crippen molar-refractivity contribution in [3.05, 3.63) is 11.3 Å². The second-order valence-corrected chi connectivity index (χ2v) is 4.48. The number of rotatable bonds is 9. The molecule has 3 heteroatoms. The Labute approximate surface area is 106 Å². The first kappa shape index (κ1) is 16.0. The molecule has 0 unspecified atom stereocenters. The summed E-state index contributed by atoms with van der Waals surface area (Å²) < 4.78 is 0. The van der Waals surface area contributed by atoms with Gasteiger partial charge >= 0.3 is 0 Å². The summed E-state index contributed by atoms with van der Waals surface area (Å²) in [6.07, 6.45) is 5.56. The number of nitrogens with zero attached hydrogens (tertiary/aromatic N) is 1. The van der Waals surface area contributed by atoms with Gasteiger partial charge < -0.3 is 10.6 Å². The molecule has 0 aliphatic carbocycles. The normalized spacial score (nSPS) is 12.2. The Morgan fingerprint density at radius 3 is 1.82 bits per heavy atom. The topological polar surface area (TPSA) is 46.3 Å². The van der Waals surface area contributed by atoms with E-state index >= 15 is 0 Å². The van der Waals surface area contributed by atoms with Crippen LogP contribution in [-0.2, 0) is 4.79 Å². The van der Waals surface area contributed by atoms with E-state index in [1.165, 1.54) is 25.7 Å². The molecule has 3 nitrogen and oxygen atoms in total. The number of amides is 1. The quantitative estimate of drug-likeness (QED) is 0.630. The second-order valence-electron chi connectivity index (χ2n) is 4.48. The number of hydrogen-bond donors (Lipinski definition) is 1. The van der Waals surface area contributed by atoms with Crippen LogP contribution in [0.2, 0.25) is 0 Å². The largest absolute Gasteiger partial charge is 0.374 e. The minimum atomic E-state index is -0.292. The summed E-state index contributed by atoms with van der Waals surface area (Å²) in [5.41, 5.74) is 7.23. The number of allylic oxidation sites excluding steroid dienone is 1. The lowest BCUT2D eigenvalue weighted by atomic mass is 10.1. The third-order valence-corrected chi connectivity index (χ3v) is 3.08. The highest BCUT2D eigenvalue weighted by atomic mass is 16.1. The monoisotopic (exact) mass is 240 g/mol. The van der Waals surface area contributed by atoms with E-state index < -0.39 is 0 Å². The van der Waals surface area contributed by atoms with Gasteiger partial charge in [-0.15, -0.1) is 0 Å². The number of unbranched alkanes of at least 4 members (excludes halogenated alkanes) is 2. The van der Waals surface area contributed by atoms with Crippen LogP contribution in [0.1, 0.15) is 59.8 Å². The molecule has 0 aromatic carbocycles. The average molecular weight is 240 g/mol. The Bertz CT molecular complexity index is 251. The number of primary amides is 1. The van der Waals surface area contributed by atoms with E-state index in [9.17, 15) is 4.79 Å². The minimum absolute atomic E-state index is 0.292. The van der Waals surface area contributed by atoms with Gasteiger partial charge in [-0.2, -0.15) is 0 Å². The van der Waals surface area contributed by atoms with Gasteiger partial charge in [0.15, 0.2) is 0 Å². The Kier molecular flexibility index (Phi) is 8.55. The summed E-state index contributed by atoms with van der Waals surface area (Å²) in [6.45, 7) is 10.4. The van der Waals surface area contributed by atoms with Crippen molar-refractivity contribution >= 4 is 5.91 Å². The maximum atomic E-state index is 11.3. The molecular formula is C14H28N2O. The minimum Gasteiger partial charge on any atom is -0.374 e. The molecule has 1 amide bonds. The molecule has 0 aliphatic heterocycles. The van der Waals surface area contributed by atoms with Crippen LogP contribution in [0.5, 0.6) is 0 Å². The first-order valence-electron chi connectivity index (χ1n) is 6.82. The number of hydrogen-bond acceptors (Lipinski definition) is 2. The Balaban J connectivity index is 4.82. The van der Waals surface area contributed by atoms with Crippen LogP contribution in [-0.4, -0.2) is 23.9 Å². The number of nitrogens with two attached hydrogens (primary N) is 1. The van der Waals surface area contributed by atoms with Crippen molar-refractivity contribution in [2.75, 3.05) is 13.1 Å². The number of carbonyl (C=O) groups excluding carboxylic acids is 1. The fourth-order valence-electron chi connectivity index (χ4n) is 1.95. The summed E-state index contributed by atoms with van der Waals surface area (Å²) in [4.78, 5) is 13.6. The van der Waals surface area contributed by atoms with Crippen molar-refractivity contribution in [1.82, 2.24) is 4.90 Å². The molecule has 0 bridgehead atoms. The van der Waals surface area contributed by atoms with Crippen LogP contribution in [0.4, 0.5) is 0 Å². The van der Waals surface area contributed by atoms with E-state index in [0.29, 0.717) is 0 Å². The molecule has 2 N–H and O–H groups in total. The molecule has 0 saturated carbocycles. The van der Waals surface area contributed by atoms with E-state index in [0.717, 1.165) is 30.8 Å². The summed E-state index contributed by atoms with van der Waals surface area (Å²) >= 11 is 0. The molecular weight excluding hydrogens is 212 g/mol. The van der Waals surface area contributed by atoms with Gasteiger partial charge in [-0.3, -0.25) is 4.79 Å². The highest BCUT2D eigenvalue weighted by Gasteiger charge is 2.13. The molecule has 0 aromatic rings. The Morgan fingerprint density at radius 2 is 1.53 bits per heavy atom. The lowest BCUT2D eigenvalue weighted by Crippen LogP contribution is -2.28. The molecule has 0 aromatic heterocycles. The highest BCUT2D eigenvalue weighted by Crippen LogP contribution is 2.16. The van der Waals surface area contributed by atoms with Gasteiger partial charge in [-0.25, -0.2) is 0 Å². The summed E-state index contributed by atoms with van der Waals surface area (Å²) in [5.74, 6) is -0.292. The van der Waals surface area contributed by atoms with Gasteiger partial charge in [0, 0.05) is 24.4 Å². The summed E-state index contributed by atoms with van der Waals surface area (Å²) in [6, 6.07) is 0. The zero-order valence-corrected chi connectivity index (χ0v) is 11.9. The molecule has 0 atom stereocenters. The standard InChI is InChI=1S/C14H28N2O/c1-5-8-10-16(11-9-6-2)13(7-3)12(4)14(15)17/h5-11H2,1-4H3,(H2,15,17). The molecule has 0 fully saturated rings. The predicted octanol–water partition coefficient (Wildman–Crippen LogP) is 3.06. The van der Waals surface area contributed by atoms with Crippen molar-refractivity contribution in [1.29, 1.82) is 0 Å². The second kappa shape index (κ2) is 9.08. The van der Waals surface area contributed by atoms with E-state index in [1.807, 2.05) is 6.92 Å². The van der Waals surface area contributed by atoms with Gasteiger partial charge in [0.25, 0.3) is 0 Å². The molecule has 17 heavy (non-hydrogen) atoms. The van der Waals surface area contributed by atoms with Crippen LogP contribution in [0.15, 0.2) is 11.3 Å². The van der Waals surface area contributed by atoms with Crippen molar-refractivity contribution in [2.24, 2.45) is 5.73 Å². The van der Waals surface area contributed by atoms with Gasteiger partial charge in [-0.1, -0.05) is 33.6 Å². The first-order chi connectivity index (χ1) is 8.08. The van der Waals surface area contributed by atoms with Crippen molar-refractivity contribution in [3.63, 3.8) is 0 Å². The van der Waals surface area contributed by atoms with Crippen molar-refractivity contribution in [2.45, 2.75) is 59.8 Å². The summed E-state index contributed by atoms with van der Waals surface area (Å²) in [5, 5.41) is 0. The van der Waals surface area contributed by atoms with Crippen LogP contribution >= 0.6 is 0 Å². The third kappa shape index (κ3) is 5.76. The zero-order chi connectivity index (χ0) is 13.3. The van der Waals surface area contributed by atoms with E-state index in [-0.39, 0.29) is 5.91 Å². The van der Waals surface area contributed by atoms with Crippen molar-refractivity contribution in [3.8, 4) is 0 Å². The molecule has 100 valence electrons. The highest BCUT2D eigenvalue weighted by molar-refractivity contribution is 5.91. The Morgan fingerprint density at radius 1 is 1.06 bits per heavy atom. The van der Waals surface area contributed by atoms with Gasteiger partial charge in [0.2, 0.25) is 5.91 Å². The van der Waals surface area contributed by atoms with E-state index in [2.05, 4.69) is 25.7 Å². The van der Waals surface area contributed by atoms with E-state index in [1.54, 1.807) is 0 Å². The van der Waals surface area contributed by atoms with Crippen LogP contribution in [0, 0.1) is 0 Å². The molecule has 0 rings (SSSR count). The maximum absolute atomic E-state index is 11.3. The first-order valence-corrected chi connectivity index (χ1v) is 6.82. The summed E-state index contributed by atoms with van der Waals surface area (Å²) in [7, 11) is 0. The predicted molar refractivity (Wildman–Crippen MR) is 73.6 cm³/mol. The van der Waals surface area contributed by atoms with Crippen molar-refractivity contribution < 1.29 is 4.79 Å².